The lowest BCUT2D eigenvalue weighted by atomic mass is 10.3. The van der Waals surface area contributed by atoms with Crippen molar-refractivity contribution in [1.82, 2.24) is 19.7 Å². The van der Waals surface area contributed by atoms with Gasteiger partial charge in [0.2, 0.25) is 0 Å². The first-order chi connectivity index (χ1) is 8.02. The first kappa shape index (κ1) is 12.2. The van der Waals surface area contributed by atoms with Crippen molar-refractivity contribution in [3.8, 4) is 5.95 Å². The maximum absolute atomic E-state index is 5.61. The first-order valence-electron chi connectivity index (χ1n) is 5.29. The quantitative estimate of drug-likeness (QED) is 0.917. The molecule has 0 spiro atoms. The second-order valence-electron chi connectivity index (χ2n) is 3.90. The molecule has 2 aromatic rings. The standard InChI is InChI=1S/C11H14BrN5/c1-6-4-9(5-13)15-11(14-6)17-8(3)10(12)7(2)16-17/h4H,5,13H2,1-3H3. The topological polar surface area (TPSA) is 69.6 Å². The molecule has 6 heteroatoms. The monoisotopic (exact) mass is 295 g/mol. The van der Waals surface area contributed by atoms with Crippen molar-refractivity contribution in [1.29, 1.82) is 0 Å². The summed E-state index contributed by atoms with van der Waals surface area (Å²) in [7, 11) is 0. The summed E-state index contributed by atoms with van der Waals surface area (Å²) in [6.45, 7) is 6.23. The molecule has 5 nitrogen and oxygen atoms in total. The zero-order valence-corrected chi connectivity index (χ0v) is 11.6. The largest absolute Gasteiger partial charge is 0.325 e. The van der Waals surface area contributed by atoms with Gasteiger partial charge in [-0.3, -0.25) is 0 Å². The Hall–Kier alpha value is -1.27. The molecule has 17 heavy (non-hydrogen) atoms. The molecular weight excluding hydrogens is 282 g/mol. The Morgan fingerprint density at radius 3 is 2.53 bits per heavy atom. The highest BCUT2D eigenvalue weighted by Gasteiger charge is 2.13. The summed E-state index contributed by atoms with van der Waals surface area (Å²) in [4.78, 5) is 8.76. The van der Waals surface area contributed by atoms with Crippen molar-refractivity contribution in [3.63, 3.8) is 0 Å². The molecule has 2 heterocycles. The lowest BCUT2D eigenvalue weighted by molar-refractivity contribution is 0.754. The van der Waals surface area contributed by atoms with Gasteiger partial charge in [-0.05, 0) is 42.8 Å². The number of hydrogen-bond donors (Lipinski definition) is 1. The molecule has 0 aliphatic heterocycles. The fourth-order valence-electron chi connectivity index (χ4n) is 1.63. The Bertz CT molecular complexity index is 561. The molecule has 2 rings (SSSR count). The summed E-state index contributed by atoms with van der Waals surface area (Å²) >= 11 is 3.49. The average Bonchev–Trinajstić information content (AvgIpc) is 2.56. The predicted molar refractivity (Wildman–Crippen MR) is 69.0 cm³/mol. The maximum Gasteiger partial charge on any atom is 0.251 e. The molecule has 0 aliphatic rings. The van der Waals surface area contributed by atoms with Crippen molar-refractivity contribution in [2.75, 3.05) is 0 Å². The number of nitrogens with zero attached hydrogens (tertiary/aromatic N) is 4. The van der Waals surface area contributed by atoms with Crippen LogP contribution in [0.25, 0.3) is 5.95 Å². The number of rotatable bonds is 2. The van der Waals surface area contributed by atoms with Gasteiger partial charge in [0.25, 0.3) is 5.95 Å². The van der Waals surface area contributed by atoms with Gasteiger partial charge in [0.15, 0.2) is 0 Å². The van der Waals surface area contributed by atoms with Crippen molar-refractivity contribution in [2.24, 2.45) is 5.73 Å². The number of aryl methyl sites for hydroxylation is 2. The van der Waals surface area contributed by atoms with E-state index in [2.05, 4.69) is 31.0 Å². The van der Waals surface area contributed by atoms with E-state index in [-0.39, 0.29) is 0 Å². The zero-order valence-electron chi connectivity index (χ0n) is 10.0. The van der Waals surface area contributed by atoms with E-state index in [0.29, 0.717) is 12.5 Å². The molecule has 2 aromatic heterocycles. The minimum atomic E-state index is 0.400. The Kier molecular flexibility index (Phi) is 3.26. The number of aromatic nitrogens is 4. The predicted octanol–water partition coefficient (Wildman–Crippen LogP) is 1.81. The van der Waals surface area contributed by atoms with Crippen LogP contribution in [0.15, 0.2) is 10.5 Å². The molecule has 0 aliphatic carbocycles. The average molecular weight is 296 g/mol. The van der Waals surface area contributed by atoms with E-state index >= 15 is 0 Å². The third-order valence-corrected chi connectivity index (χ3v) is 3.64. The fourth-order valence-corrected chi connectivity index (χ4v) is 1.88. The summed E-state index contributed by atoms with van der Waals surface area (Å²) in [5.41, 5.74) is 9.21. The van der Waals surface area contributed by atoms with Crippen LogP contribution >= 0.6 is 15.9 Å². The normalized spacial score (nSPS) is 10.9. The van der Waals surface area contributed by atoms with Gasteiger partial charge in [-0.2, -0.15) is 5.10 Å². The number of nitrogens with two attached hydrogens (primary N) is 1. The van der Waals surface area contributed by atoms with Crippen LogP contribution in [0, 0.1) is 20.8 Å². The van der Waals surface area contributed by atoms with Gasteiger partial charge >= 0.3 is 0 Å². The molecular formula is C11H14BrN5. The number of halogens is 1. The van der Waals surface area contributed by atoms with E-state index in [1.807, 2.05) is 26.8 Å². The maximum atomic E-state index is 5.61. The molecule has 0 saturated heterocycles. The third-order valence-electron chi connectivity index (χ3n) is 2.50. The van der Waals surface area contributed by atoms with E-state index in [9.17, 15) is 0 Å². The van der Waals surface area contributed by atoms with E-state index in [1.165, 1.54) is 0 Å². The molecule has 90 valence electrons. The van der Waals surface area contributed by atoms with Crippen molar-refractivity contribution >= 4 is 15.9 Å². The summed E-state index contributed by atoms with van der Waals surface area (Å²) in [5.74, 6) is 0.566. The van der Waals surface area contributed by atoms with Crippen molar-refractivity contribution in [3.05, 3.63) is 33.3 Å². The van der Waals surface area contributed by atoms with Crippen LogP contribution in [0.1, 0.15) is 22.8 Å². The van der Waals surface area contributed by atoms with Crippen LogP contribution in [0.4, 0.5) is 0 Å². The van der Waals surface area contributed by atoms with Gasteiger partial charge in [-0.15, -0.1) is 0 Å². The highest BCUT2D eigenvalue weighted by atomic mass is 79.9. The van der Waals surface area contributed by atoms with E-state index in [1.54, 1.807) is 4.68 Å². The highest BCUT2D eigenvalue weighted by molar-refractivity contribution is 9.10. The summed E-state index contributed by atoms with van der Waals surface area (Å²) < 4.78 is 2.71. The number of hydrogen-bond acceptors (Lipinski definition) is 4. The van der Waals surface area contributed by atoms with Crippen molar-refractivity contribution in [2.45, 2.75) is 27.3 Å². The second kappa shape index (κ2) is 4.54. The van der Waals surface area contributed by atoms with Crippen LogP contribution < -0.4 is 5.73 Å². The Morgan fingerprint density at radius 1 is 1.29 bits per heavy atom. The zero-order chi connectivity index (χ0) is 12.6. The van der Waals surface area contributed by atoms with E-state index in [0.717, 1.165) is 27.2 Å². The second-order valence-corrected chi connectivity index (χ2v) is 4.69. The smallest absolute Gasteiger partial charge is 0.251 e. The van der Waals surface area contributed by atoms with Crippen molar-refractivity contribution < 1.29 is 0 Å². The van der Waals surface area contributed by atoms with Gasteiger partial charge in [-0.1, -0.05) is 0 Å². The molecule has 0 saturated carbocycles. The van der Waals surface area contributed by atoms with Crippen LogP contribution in [-0.2, 0) is 6.54 Å². The lowest BCUT2D eigenvalue weighted by Gasteiger charge is -2.05. The lowest BCUT2D eigenvalue weighted by Crippen LogP contribution is -2.10. The summed E-state index contributed by atoms with van der Waals surface area (Å²) in [6, 6.07) is 1.88. The Balaban J connectivity index is 2.59. The SMILES string of the molecule is Cc1cc(CN)nc(-n2nc(C)c(Br)c2C)n1. The summed E-state index contributed by atoms with van der Waals surface area (Å²) in [6.07, 6.45) is 0. The molecule has 0 atom stereocenters. The fraction of sp³-hybridized carbons (Fsp3) is 0.364. The Labute approximate surface area is 108 Å². The Morgan fingerprint density at radius 2 is 2.00 bits per heavy atom. The van der Waals surface area contributed by atoms with E-state index in [4.69, 9.17) is 5.73 Å². The van der Waals surface area contributed by atoms with Crippen LogP contribution in [0.5, 0.6) is 0 Å². The highest BCUT2D eigenvalue weighted by Crippen LogP contribution is 2.21. The third kappa shape index (κ3) is 2.23. The van der Waals surface area contributed by atoms with Gasteiger partial charge in [0.05, 0.1) is 21.6 Å². The minimum absolute atomic E-state index is 0.400. The first-order valence-corrected chi connectivity index (χ1v) is 6.09. The molecule has 0 fully saturated rings. The molecule has 0 unspecified atom stereocenters. The molecule has 0 bridgehead atoms. The van der Waals surface area contributed by atoms with Crippen LogP contribution in [0.3, 0.4) is 0 Å². The molecule has 2 N–H and O–H groups in total. The van der Waals surface area contributed by atoms with Gasteiger partial charge in [0, 0.05) is 12.2 Å². The van der Waals surface area contributed by atoms with Gasteiger partial charge < -0.3 is 5.73 Å². The van der Waals surface area contributed by atoms with E-state index < -0.39 is 0 Å². The molecule has 0 amide bonds. The van der Waals surface area contributed by atoms with Crippen LogP contribution in [-0.4, -0.2) is 19.7 Å². The van der Waals surface area contributed by atoms with Gasteiger partial charge in [-0.25, -0.2) is 14.6 Å². The van der Waals surface area contributed by atoms with Gasteiger partial charge in [0.1, 0.15) is 0 Å². The summed E-state index contributed by atoms with van der Waals surface area (Å²) in [5, 5.41) is 4.40. The molecule has 0 radical (unpaired) electrons. The molecule has 0 aromatic carbocycles. The van der Waals surface area contributed by atoms with Crippen LogP contribution in [0.2, 0.25) is 0 Å². The minimum Gasteiger partial charge on any atom is -0.325 e.